The highest BCUT2D eigenvalue weighted by Crippen LogP contribution is 2.36. The van der Waals surface area contributed by atoms with E-state index in [1.54, 1.807) is 0 Å². The summed E-state index contributed by atoms with van der Waals surface area (Å²) in [4.78, 5) is 14.9. The zero-order valence-corrected chi connectivity index (χ0v) is 15.2. The molecule has 4 nitrogen and oxygen atoms in total. The molecule has 1 fully saturated rings. The predicted octanol–water partition coefficient (Wildman–Crippen LogP) is 3.35. The fourth-order valence-corrected chi connectivity index (χ4v) is 4.84. The third-order valence-corrected chi connectivity index (χ3v) is 6.44. The first-order chi connectivity index (χ1) is 11.7. The summed E-state index contributed by atoms with van der Waals surface area (Å²) in [6.07, 6.45) is 8.13. The first-order valence-electron chi connectivity index (χ1n) is 9.01. The van der Waals surface area contributed by atoms with Gasteiger partial charge in [-0.2, -0.15) is 11.8 Å². The van der Waals surface area contributed by atoms with E-state index in [2.05, 4.69) is 35.8 Å². The molecule has 0 aliphatic heterocycles. The zero-order chi connectivity index (χ0) is 16.9. The molecule has 24 heavy (non-hydrogen) atoms. The number of carbonyl (C=O) groups is 1. The molecule has 0 radical (unpaired) electrons. The van der Waals surface area contributed by atoms with E-state index >= 15 is 0 Å². The molecule has 1 saturated carbocycles. The lowest BCUT2D eigenvalue weighted by Gasteiger charge is -2.31. The van der Waals surface area contributed by atoms with Gasteiger partial charge in [0.25, 0.3) is 0 Å². The van der Waals surface area contributed by atoms with Crippen LogP contribution in [0.4, 0.5) is 4.79 Å². The summed E-state index contributed by atoms with van der Waals surface area (Å²) >= 11 is 1.90. The van der Waals surface area contributed by atoms with Gasteiger partial charge in [-0.25, -0.2) is 4.79 Å². The number of rotatable bonds is 6. The number of nitrogens with zero attached hydrogens (tertiary/aromatic N) is 1. The molecule has 1 aromatic carbocycles. The van der Waals surface area contributed by atoms with E-state index in [-0.39, 0.29) is 18.7 Å². The maximum atomic E-state index is 12.9. The van der Waals surface area contributed by atoms with Gasteiger partial charge >= 0.3 is 6.03 Å². The van der Waals surface area contributed by atoms with Gasteiger partial charge in [0.1, 0.15) is 0 Å². The molecule has 0 unspecified atom stereocenters. The Morgan fingerprint density at radius 2 is 2.17 bits per heavy atom. The van der Waals surface area contributed by atoms with Crippen LogP contribution in [0.5, 0.6) is 0 Å². The minimum absolute atomic E-state index is 0.0388. The Hall–Kier alpha value is -1.20. The lowest BCUT2D eigenvalue weighted by atomic mass is 10.1. The van der Waals surface area contributed by atoms with Gasteiger partial charge in [0, 0.05) is 24.4 Å². The number of hydrogen-bond donors (Lipinski definition) is 2. The van der Waals surface area contributed by atoms with E-state index < -0.39 is 0 Å². The third kappa shape index (κ3) is 3.89. The molecule has 0 saturated heterocycles. The van der Waals surface area contributed by atoms with Gasteiger partial charge in [-0.15, -0.1) is 0 Å². The summed E-state index contributed by atoms with van der Waals surface area (Å²) in [7, 11) is 0. The Labute approximate surface area is 149 Å². The van der Waals surface area contributed by atoms with Crippen molar-refractivity contribution in [3.8, 4) is 0 Å². The number of aliphatic hydroxyl groups is 1. The van der Waals surface area contributed by atoms with Crippen LogP contribution < -0.4 is 5.32 Å². The molecule has 1 aromatic rings. The van der Waals surface area contributed by atoms with Crippen LogP contribution in [0, 0.1) is 0 Å². The number of aliphatic hydroxyl groups excluding tert-OH is 1. The SMILES string of the molecule is CS[C@@H]1CC[C@H](NC(=O)N(CCCO)[C@@H]2CCc3ccccc32)C1. The van der Waals surface area contributed by atoms with Crippen molar-refractivity contribution in [2.24, 2.45) is 0 Å². The number of fused-ring (bicyclic) bond motifs is 1. The Morgan fingerprint density at radius 3 is 2.92 bits per heavy atom. The second-order valence-corrected chi connectivity index (χ2v) is 7.98. The lowest BCUT2D eigenvalue weighted by Crippen LogP contribution is -2.46. The largest absolute Gasteiger partial charge is 0.396 e. The summed E-state index contributed by atoms with van der Waals surface area (Å²) in [6, 6.07) is 8.91. The van der Waals surface area contributed by atoms with E-state index in [0.29, 0.717) is 24.3 Å². The Kier molecular flexibility index (Phi) is 6.06. The third-order valence-electron chi connectivity index (χ3n) is 5.34. The molecule has 2 aliphatic carbocycles. The summed E-state index contributed by atoms with van der Waals surface area (Å²) < 4.78 is 0. The minimum Gasteiger partial charge on any atom is -0.396 e. The van der Waals surface area contributed by atoms with Crippen molar-refractivity contribution in [1.29, 1.82) is 0 Å². The van der Waals surface area contributed by atoms with Gasteiger partial charge in [0.15, 0.2) is 0 Å². The maximum Gasteiger partial charge on any atom is 0.318 e. The smallest absolute Gasteiger partial charge is 0.318 e. The van der Waals surface area contributed by atoms with Crippen LogP contribution in [0.3, 0.4) is 0 Å². The average molecular weight is 349 g/mol. The second-order valence-electron chi connectivity index (χ2n) is 6.84. The van der Waals surface area contributed by atoms with E-state index in [9.17, 15) is 9.90 Å². The normalized spacial score (nSPS) is 25.5. The standard InChI is InChI=1S/C19H28N2O2S/c1-24-16-9-8-15(13-16)20-19(23)21(11-4-12-22)18-10-7-14-5-2-3-6-17(14)18/h2-3,5-6,15-16,18,22H,4,7-13H2,1H3,(H,20,23)/t15-,16+,18+/m0/s1. The second kappa shape index (κ2) is 8.26. The molecular formula is C19H28N2O2S. The minimum atomic E-state index is 0.0388. The summed E-state index contributed by atoms with van der Waals surface area (Å²) in [5.41, 5.74) is 2.63. The van der Waals surface area contributed by atoms with Crippen molar-refractivity contribution in [1.82, 2.24) is 10.2 Å². The van der Waals surface area contributed by atoms with Crippen molar-refractivity contribution in [2.75, 3.05) is 19.4 Å². The van der Waals surface area contributed by atoms with Gasteiger partial charge in [0.2, 0.25) is 0 Å². The predicted molar refractivity (Wildman–Crippen MR) is 99.4 cm³/mol. The van der Waals surface area contributed by atoms with Crippen molar-refractivity contribution in [2.45, 2.75) is 55.9 Å². The van der Waals surface area contributed by atoms with Crippen LogP contribution in [0.25, 0.3) is 0 Å². The highest BCUT2D eigenvalue weighted by atomic mass is 32.2. The van der Waals surface area contributed by atoms with Crippen LogP contribution in [-0.2, 0) is 6.42 Å². The number of benzene rings is 1. The van der Waals surface area contributed by atoms with Gasteiger partial charge < -0.3 is 15.3 Å². The molecule has 2 aliphatic rings. The molecule has 2 N–H and O–H groups in total. The van der Waals surface area contributed by atoms with Crippen molar-refractivity contribution < 1.29 is 9.90 Å². The number of amides is 2. The molecule has 3 atom stereocenters. The molecular weight excluding hydrogens is 320 g/mol. The summed E-state index contributed by atoms with van der Waals surface area (Å²) in [5.74, 6) is 0. The number of nitrogens with one attached hydrogen (secondary N) is 1. The molecule has 2 amide bonds. The molecule has 0 bridgehead atoms. The van der Waals surface area contributed by atoms with Gasteiger partial charge in [0.05, 0.1) is 6.04 Å². The van der Waals surface area contributed by atoms with Gasteiger partial charge in [-0.3, -0.25) is 0 Å². The first-order valence-corrected chi connectivity index (χ1v) is 10.3. The fraction of sp³-hybridized carbons (Fsp3) is 0.632. The monoisotopic (exact) mass is 348 g/mol. The lowest BCUT2D eigenvalue weighted by molar-refractivity contribution is 0.161. The molecule has 132 valence electrons. The quantitative estimate of drug-likeness (QED) is 0.829. The van der Waals surface area contributed by atoms with E-state index in [1.807, 2.05) is 16.7 Å². The van der Waals surface area contributed by atoms with Crippen LogP contribution in [0.2, 0.25) is 0 Å². The summed E-state index contributed by atoms with van der Waals surface area (Å²) in [6.45, 7) is 0.732. The topological polar surface area (TPSA) is 52.6 Å². The highest BCUT2D eigenvalue weighted by molar-refractivity contribution is 7.99. The van der Waals surface area contributed by atoms with Crippen LogP contribution in [0.1, 0.15) is 49.3 Å². The number of aryl methyl sites for hydroxylation is 1. The van der Waals surface area contributed by atoms with E-state index in [0.717, 1.165) is 25.7 Å². The molecule has 0 spiro atoms. The Bertz CT molecular complexity index is 566. The fourth-order valence-electron chi connectivity index (χ4n) is 4.04. The Balaban J connectivity index is 1.69. The molecule has 3 rings (SSSR count). The van der Waals surface area contributed by atoms with Crippen LogP contribution >= 0.6 is 11.8 Å². The first kappa shape index (κ1) is 17.6. The zero-order valence-electron chi connectivity index (χ0n) is 14.4. The number of hydrogen-bond acceptors (Lipinski definition) is 3. The van der Waals surface area contributed by atoms with Gasteiger partial charge in [-0.05, 0) is 55.9 Å². The van der Waals surface area contributed by atoms with Crippen LogP contribution in [0.15, 0.2) is 24.3 Å². The van der Waals surface area contributed by atoms with E-state index in [4.69, 9.17) is 0 Å². The molecule has 0 aromatic heterocycles. The number of carbonyl (C=O) groups excluding carboxylic acids is 1. The molecule has 5 heteroatoms. The maximum absolute atomic E-state index is 12.9. The van der Waals surface area contributed by atoms with E-state index in [1.165, 1.54) is 17.5 Å². The van der Waals surface area contributed by atoms with Crippen molar-refractivity contribution in [3.63, 3.8) is 0 Å². The highest BCUT2D eigenvalue weighted by Gasteiger charge is 2.32. The average Bonchev–Trinajstić information content (AvgIpc) is 3.22. The van der Waals surface area contributed by atoms with Crippen LogP contribution in [-0.4, -0.2) is 46.7 Å². The molecule has 0 heterocycles. The van der Waals surface area contributed by atoms with Crippen molar-refractivity contribution >= 4 is 17.8 Å². The van der Waals surface area contributed by atoms with Gasteiger partial charge in [-0.1, -0.05) is 24.3 Å². The summed E-state index contributed by atoms with van der Waals surface area (Å²) in [5, 5.41) is 13.2. The Morgan fingerprint density at radius 1 is 1.33 bits per heavy atom. The number of thioether (sulfide) groups is 1. The number of urea groups is 1. The van der Waals surface area contributed by atoms with Crippen molar-refractivity contribution in [3.05, 3.63) is 35.4 Å².